The number of nitrogens with zero attached hydrogens (tertiary/aromatic N) is 2. The summed E-state index contributed by atoms with van der Waals surface area (Å²) in [5.74, 6) is -0.205. The summed E-state index contributed by atoms with van der Waals surface area (Å²) in [4.78, 5) is 29.5. The summed E-state index contributed by atoms with van der Waals surface area (Å²) in [7, 11) is 0. The lowest BCUT2D eigenvalue weighted by Crippen LogP contribution is -2.21. The number of benzene rings is 3. The number of carbonyl (C=O) groups is 1. The predicted molar refractivity (Wildman–Crippen MR) is 111 cm³/mol. The van der Waals surface area contributed by atoms with Crippen LogP contribution in [0.15, 0.2) is 83.9 Å². The Labute approximate surface area is 166 Å². The van der Waals surface area contributed by atoms with Gasteiger partial charge in [0.05, 0.1) is 23.8 Å². The Balaban J connectivity index is 1.60. The number of carbonyl (C=O) groups excluding carboxylic acids is 1. The molecule has 6 heteroatoms. The standard InChI is InChI=1S/C22H16ClN3O2/c23-17-9-10-20-19(12-17)22(28)26(14-24-20)13-15-5-4-6-16(11-15)21(27)25-18-7-2-1-3-8-18/h1-12,14H,13H2,(H,25,27). The molecule has 1 aromatic heterocycles. The first kappa shape index (κ1) is 17.9. The zero-order valence-corrected chi connectivity index (χ0v) is 15.6. The molecule has 138 valence electrons. The molecule has 3 aromatic carbocycles. The van der Waals surface area contributed by atoms with E-state index < -0.39 is 0 Å². The number of rotatable bonds is 4. The molecule has 0 atom stereocenters. The number of hydrogen-bond acceptors (Lipinski definition) is 3. The van der Waals surface area contributed by atoms with E-state index in [-0.39, 0.29) is 11.5 Å². The highest BCUT2D eigenvalue weighted by molar-refractivity contribution is 6.31. The molecule has 0 saturated heterocycles. The van der Waals surface area contributed by atoms with Crippen LogP contribution in [0.2, 0.25) is 5.02 Å². The smallest absolute Gasteiger partial charge is 0.261 e. The summed E-state index contributed by atoms with van der Waals surface area (Å²) in [5, 5.41) is 3.81. The van der Waals surface area contributed by atoms with Crippen molar-refractivity contribution in [3.63, 3.8) is 0 Å². The number of fused-ring (bicyclic) bond motifs is 1. The lowest BCUT2D eigenvalue weighted by Gasteiger charge is -2.09. The van der Waals surface area contributed by atoms with E-state index in [1.165, 1.54) is 10.9 Å². The molecule has 5 nitrogen and oxygen atoms in total. The molecule has 0 spiro atoms. The van der Waals surface area contributed by atoms with Gasteiger partial charge in [-0.25, -0.2) is 4.98 Å². The molecule has 0 radical (unpaired) electrons. The topological polar surface area (TPSA) is 64.0 Å². The van der Waals surface area contributed by atoms with E-state index in [4.69, 9.17) is 11.6 Å². The van der Waals surface area contributed by atoms with E-state index in [9.17, 15) is 9.59 Å². The molecule has 4 rings (SSSR count). The van der Waals surface area contributed by atoms with E-state index in [0.717, 1.165) is 11.3 Å². The van der Waals surface area contributed by atoms with Gasteiger partial charge in [0.1, 0.15) is 0 Å². The van der Waals surface area contributed by atoms with Crippen LogP contribution in [-0.4, -0.2) is 15.5 Å². The van der Waals surface area contributed by atoms with Crippen LogP contribution in [0.5, 0.6) is 0 Å². The molecule has 28 heavy (non-hydrogen) atoms. The Bertz CT molecular complexity index is 1220. The van der Waals surface area contributed by atoms with Crippen LogP contribution in [0.1, 0.15) is 15.9 Å². The average Bonchev–Trinajstić information content (AvgIpc) is 2.71. The summed E-state index contributed by atoms with van der Waals surface area (Å²) in [5.41, 5.74) is 2.50. The first-order valence-corrected chi connectivity index (χ1v) is 9.08. The maximum absolute atomic E-state index is 12.7. The summed E-state index contributed by atoms with van der Waals surface area (Å²) in [6.45, 7) is 0.306. The number of halogens is 1. The van der Waals surface area contributed by atoms with Crippen molar-refractivity contribution >= 4 is 34.1 Å². The van der Waals surface area contributed by atoms with Crippen LogP contribution in [0.4, 0.5) is 5.69 Å². The summed E-state index contributed by atoms with van der Waals surface area (Å²) in [6, 6.07) is 21.5. The maximum atomic E-state index is 12.7. The second-order valence-corrected chi connectivity index (χ2v) is 6.80. The Morgan fingerprint density at radius 2 is 1.82 bits per heavy atom. The SMILES string of the molecule is O=C(Nc1ccccc1)c1cccc(Cn2cnc3ccc(Cl)cc3c2=O)c1. The van der Waals surface area contributed by atoms with Crippen molar-refractivity contribution in [2.75, 3.05) is 5.32 Å². The third-order valence-corrected chi connectivity index (χ3v) is 4.59. The molecular weight excluding hydrogens is 374 g/mol. The van der Waals surface area contributed by atoms with Gasteiger partial charge in [0.2, 0.25) is 0 Å². The lowest BCUT2D eigenvalue weighted by molar-refractivity contribution is 0.102. The van der Waals surface area contributed by atoms with E-state index in [1.807, 2.05) is 36.4 Å². The van der Waals surface area contributed by atoms with Crippen molar-refractivity contribution < 1.29 is 4.79 Å². The van der Waals surface area contributed by atoms with E-state index >= 15 is 0 Å². The Hall–Kier alpha value is -3.44. The zero-order chi connectivity index (χ0) is 19.5. The lowest BCUT2D eigenvalue weighted by atomic mass is 10.1. The normalized spacial score (nSPS) is 10.8. The second kappa shape index (κ2) is 7.66. The molecule has 1 amide bonds. The molecule has 0 aliphatic carbocycles. The van der Waals surface area contributed by atoms with Gasteiger partial charge in [-0.2, -0.15) is 0 Å². The van der Waals surface area contributed by atoms with Crippen LogP contribution >= 0.6 is 11.6 Å². The van der Waals surface area contributed by atoms with Gasteiger partial charge in [0, 0.05) is 16.3 Å². The first-order chi connectivity index (χ1) is 13.6. The summed E-state index contributed by atoms with van der Waals surface area (Å²) >= 11 is 6.00. The summed E-state index contributed by atoms with van der Waals surface area (Å²) < 4.78 is 1.51. The largest absolute Gasteiger partial charge is 0.322 e. The third kappa shape index (κ3) is 3.80. The molecule has 0 bridgehead atoms. The van der Waals surface area contributed by atoms with Crippen molar-refractivity contribution in [3.8, 4) is 0 Å². The highest BCUT2D eigenvalue weighted by atomic mass is 35.5. The quantitative estimate of drug-likeness (QED) is 0.564. The number of anilines is 1. The Kier molecular flexibility index (Phi) is 4.91. The van der Waals surface area contributed by atoms with E-state index in [1.54, 1.807) is 36.4 Å². The predicted octanol–water partition coefficient (Wildman–Crippen LogP) is 4.35. The highest BCUT2D eigenvalue weighted by Crippen LogP contribution is 2.15. The van der Waals surface area contributed by atoms with Crippen LogP contribution in [0.25, 0.3) is 10.9 Å². The van der Waals surface area contributed by atoms with Gasteiger partial charge < -0.3 is 5.32 Å². The monoisotopic (exact) mass is 389 g/mol. The van der Waals surface area contributed by atoms with Crippen molar-refractivity contribution in [1.82, 2.24) is 9.55 Å². The summed E-state index contributed by atoms with van der Waals surface area (Å²) in [6.07, 6.45) is 1.51. The van der Waals surface area contributed by atoms with Crippen molar-refractivity contribution in [2.45, 2.75) is 6.54 Å². The molecule has 0 aliphatic rings. The van der Waals surface area contributed by atoms with Crippen molar-refractivity contribution in [1.29, 1.82) is 0 Å². The third-order valence-electron chi connectivity index (χ3n) is 4.36. The molecule has 0 saturated carbocycles. The molecule has 1 N–H and O–H groups in total. The van der Waals surface area contributed by atoms with Crippen LogP contribution < -0.4 is 10.9 Å². The number of hydrogen-bond donors (Lipinski definition) is 1. The fourth-order valence-electron chi connectivity index (χ4n) is 2.98. The Morgan fingerprint density at radius 3 is 2.64 bits per heavy atom. The van der Waals surface area contributed by atoms with E-state index in [0.29, 0.717) is 28.0 Å². The second-order valence-electron chi connectivity index (χ2n) is 6.36. The number of amides is 1. The molecule has 0 aliphatic heterocycles. The number of aromatic nitrogens is 2. The van der Waals surface area contributed by atoms with Gasteiger partial charge in [-0.1, -0.05) is 41.9 Å². The zero-order valence-electron chi connectivity index (χ0n) is 14.8. The maximum Gasteiger partial charge on any atom is 0.261 e. The van der Waals surface area contributed by atoms with Gasteiger partial charge in [-0.3, -0.25) is 14.2 Å². The molecule has 0 fully saturated rings. The Morgan fingerprint density at radius 1 is 1.00 bits per heavy atom. The van der Waals surface area contributed by atoms with Gasteiger partial charge >= 0.3 is 0 Å². The highest BCUT2D eigenvalue weighted by Gasteiger charge is 2.09. The average molecular weight is 390 g/mol. The minimum absolute atomic E-state index is 0.174. The minimum atomic E-state index is -0.205. The molecule has 0 unspecified atom stereocenters. The first-order valence-electron chi connectivity index (χ1n) is 8.70. The fourth-order valence-corrected chi connectivity index (χ4v) is 3.15. The minimum Gasteiger partial charge on any atom is -0.322 e. The van der Waals surface area contributed by atoms with Gasteiger partial charge in [-0.05, 0) is 48.0 Å². The number of nitrogens with one attached hydrogen (secondary N) is 1. The van der Waals surface area contributed by atoms with Gasteiger partial charge in [0.25, 0.3) is 11.5 Å². The van der Waals surface area contributed by atoms with Crippen LogP contribution in [0, 0.1) is 0 Å². The van der Waals surface area contributed by atoms with Crippen LogP contribution in [0.3, 0.4) is 0 Å². The number of para-hydroxylation sites is 1. The molecule has 4 aromatic rings. The van der Waals surface area contributed by atoms with Gasteiger partial charge in [0.15, 0.2) is 0 Å². The van der Waals surface area contributed by atoms with Gasteiger partial charge in [-0.15, -0.1) is 0 Å². The fraction of sp³-hybridized carbons (Fsp3) is 0.0455. The van der Waals surface area contributed by atoms with Crippen LogP contribution in [-0.2, 0) is 6.54 Å². The van der Waals surface area contributed by atoms with Crippen molar-refractivity contribution in [2.24, 2.45) is 0 Å². The molecular formula is C22H16ClN3O2. The van der Waals surface area contributed by atoms with E-state index in [2.05, 4.69) is 10.3 Å². The molecule has 1 heterocycles. The van der Waals surface area contributed by atoms with Crippen molar-refractivity contribution in [3.05, 3.63) is 106 Å².